The molecule has 3 aromatic rings. The third kappa shape index (κ3) is 4.39. The van der Waals surface area contributed by atoms with Crippen molar-refractivity contribution in [2.45, 2.75) is 36.1 Å². The lowest BCUT2D eigenvalue weighted by atomic mass is 10.1. The fraction of sp³-hybridized carbons (Fsp3) is 0.238. The van der Waals surface area contributed by atoms with Gasteiger partial charge in [0.15, 0.2) is 0 Å². The second-order valence-electron chi connectivity index (χ2n) is 6.35. The van der Waals surface area contributed by atoms with Crippen molar-refractivity contribution in [3.8, 4) is 11.3 Å². The number of nitrogens with one attached hydrogen (secondary N) is 1. The fourth-order valence-electron chi connectivity index (χ4n) is 2.65. The number of amides is 1. The van der Waals surface area contributed by atoms with E-state index >= 15 is 0 Å². The van der Waals surface area contributed by atoms with Gasteiger partial charge >= 0.3 is 0 Å². The molecular formula is C21H22FN3OS. The quantitative estimate of drug-likeness (QED) is 0.658. The Hall–Kier alpha value is -2.60. The molecule has 1 amide bonds. The number of halogens is 1. The van der Waals surface area contributed by atoms with Gasteiger partial charge in [-0.3, -0.25) is 9.48 Å². The van der Waals surface area contributed by atoms with Gasteiger partial charge in [0.25, 0.3) is 5.91 Å². The molecule has 1 unspecified atom stereocenters. The summed E-state index contributed by atoms with van der Waals surface area (Å²) in [4.78, 5) is 14.7. The van der Waals surface area contributed by atoms with Crippen molar-refractivity contribution in [2.24, 2.45) is 7.05 Å². The first-order valence-electron chi connectivity index (χ1n) is 8.86. The van der Waals surface area contributed by atoms with Crippen molar-refractivity contribution in [1.29, 1.82) is 0 Å². The molecule has 27 heavy (non-hydrogen) atoms. The molecule has 1 heterocycles. The maximum Gasteiger partial charge on any atom is 0.270 e. The number of benzene rings is 2. The third-order valence-corrected chi connectivity index (χ3v) is 5.39. The van der Waals surface area contributed by atoms with Crippen molar-refractivity contribution in [1.82, 2.24) is 15.1 Å². The monoisotopic (exact) mass is 383 g/mol. The van der Waals surface area contributed by atoms with E-state index in [1.165, 1.54) is 23.9 Å². The van der Waals surface area contributed by atoms with Crippen LogP contribution in [-0.2, 0) is 7.05 Å². The first-order valence-corrected chi connectivity index (χ1v) is 9.68. The Labute approximate surface area is 162 Å². The SMILES string of the molecule is CCC(C)NC(=O)c1c(Sc2ccccc2)c(-c2ccc(F)cc2)nn1C. The molecule has 0 radical (unpaired) electrons. The van der Waals surface area contributed by atoms with Gasteiger partial charge in [-0.05, 0) is 49.7 Å². The second kappa shape index (κ2) is 8.39. The van der Waals surface area contributed by atoms with E-state index in [-0.39, 0.29) is 17.8 Å². The number of aromatic nitrogens is 2. The van der Waals surface area contributed by atoms with Crippen LogP contribution in [0, 0.1) is 5.82 Å². The highest BCUT2D eigenvalue weighted by molar-refractivity contribution is 7.99. The summed E-state index contributed by atoms with van der Waals surface area (Å²) in [6.45, 7) is 4.00. The van der Waals surface area contributed by atoms with Crippen molar-refractivity contribution >= 4 is 17.7 Å². The lowest BCUT2D eigenvalue weighted by Crippen LogP contribution is -2.33. The minimum absolute atomic E-state index is 0.0660. The predicted molar refractivity (Wildman–Crippen MR) is 106 cm³/mol. The molecule has 1 aromatic heterocycles. The second-order valence-corrected chi connectivity index (χ2v) is 7.44. The van der Waals surface area contributed by atoms with E-state index in [9.17, 15) is 9.18 Å². The number of hydrogen-bond acceptors (Lipinski definition) is 3. The normalized spacial score (nSPS) is 12.0. The van der Waals surface area contributed by atoms with E-state index in [0.29, 0.717) is 11.4 Å². The lowest BCUT2D eigenvalue weighted by Gasteiger charge is -2.13. The highest BCUT2D eigenvalue weighted by Gasteiger charge is 2.24. The van der Waals surface area contributed by atoms with Gasteiger partial charge in [-0.2, -0.15) is 5.10 Å². The summed E-state index contributed by atoms with van der Waals surface area (Å²) in [5, 5.41) is 7.59. The first kappa shape index (κ1) is 19.2. The van der Waals surface area contributed by atoms with Crippen molar-refractivity contribution in [3.63, 3.8) is 0 Å². The van der Waals surface area contributed by atoms with Crippen LogP contribution in [0.2, 0.25) is 0 Å². The Kier molecular flexibility index (Phi) is 5.96. The van der Waals surface area contributed by atoms with Crippen LogP contribution in [0.1, 0.15) is 30.8 Å². The van der Waals surface area contributed by atoms with E-state index in [2.05, 4.69) is 10.4 Å². The van der Waals surface area contributed by atoms with Crippen LogP contribution in [0.15, 0.2) is 64.4 Å². The smallest absolute Gasteiger partial charge is 0.270 e. The number of nitrogens with zero attached hydrogens (tertiary/aromatic N) is 2. The molecule has 1 atom stereocenters. The van der Waals surface area contributed by atoms with Crippen molar-refractivity contribution in [3.05, 3.63) is 66.1 Å². The topological polar surface area (TPSA) is 46.9 Å². The number of carbonyl (C=O) groups is 1. The van der Waals surface area contributed by atoms with Crippen LogP contribution in [0.5, 0.6) is 0 Å². The molecule has 4 nitrogen and oxygen atoms in total. The maximum absolute atomic E-state index is 13.3. The van der Waals surface area contributed by atoms with Crippen LogP contribution in [0.4, 0.5) is 4.39 Å². The Morgan fingerprint density at radius 1 is 1.19 bits per heavy atom. The Balaban J connectivity index is 2.09. The van der Waals surface area contributed by atoms with Crippen molar-refractivity contribution in [2.75, 3.05) is 0 Å². The molecule has 2 aromatic carbocycles. The molecule has 0 fully saturated rings. The van der Waals surface area contributed by atoms with Gasteiger partial charge in [0.2, 0.25) is 0 Å². The summed E-state index contributed by atoms with van der Waals surface area (Å²) < 4.78 is 14.9. The summed E-state index contributed by atoms with van der Waals surface area (Å²) in [5.74, 6) is -0.465. The Bertz CT molecular complexity index is 923. The summed E-state index contributed by atoms with van der Waals surface area (Å²) in [7, 11) is 1.76. The number of aryl methyl sites for hydroxylation is 1. The van der Waals surface area contributed by atoms with Crippen LogP contribution >= 0.6 is 11.8 Å². The minimum atomic E-state index is -0.304. The Morgan fingerprint density at radius 2 is 1.85 bits per heavy atom. The van der Waals surface area contributed by atoms with E-state index in [0.717, 1.165) is 21.8 Å². The van der Waals surface area contributed by atoms with Gasteiger partial charge in [-0.15, -0.1) is 0 Å². The fourth-order valence-corrected chi connectivity index (χ4v) is 3.75. The zero-order valence-corrected chi connectivity index (χ0v) is 16.4. The van der Waals surface area contributed by atoms with Crippen LogP contribution in [-0.4, -0.2) is 21.7 Å². The van der Waals surface area contributed by atoms with Gasteiger partial charge in [0, 0.05) is 23.5 Å². The maximum atomic E-state index is 13.3. The molecule has 0 aliphatic carbocycles. The summed E-state index contributed by atoms with van der Waals surface area (Å²) in [6, 6.07) is 16.1. The number of hydrogen-bond donors (Lipinski definition) is 1. The standard InChI is InChI=1S/C21H22FN3OS/c1-4-14(2)23-21(26)19-20(27-17-8-6-5-7-9-17)18(24-25(19)3)15-10-12-16(22)13-11-15/h5-14H,4H2,1-3H3,(H,23,26). The van der Waals surface area contributed by atoms with Gasteiger partial charge in [0.05, 0.1) is 4.90 Å². The lowest BCUT2D eigenvalue weighted by molar-refractivity contribution is 0.0926. The average Bonchev–Trinajstić information content (AvgIpc) is 2.99. The molecule has 3 rings (SSSR count). The number of carbonyl (C=O) groups excluding carboxylic acids is 1. The van der Waals surface area contributed by atoms with E-state index in [4.69, 9.17) is 0 Å². The molecule has 0 spiro atoms. The van der Waals surface area contributed by atoms with Crippen molar-refractivity contribution < 1.29 is 9.18 Å². The predicted octanol–water partition coefficient (Wildman–Crippen LogP) is 4.91. The Morgan fingerprint density at radius 3 is 2.48 bits per heavy atom. The largest absolute Gasteiger partial charge is 0.348 e. The molecule has 1 N–H and O–H groups in total. The zero-order valence-electron chi connectivity index (χ0n) is 15.6. The molecule has 0 bridgehead atoms. The van der Waals surface area contributed by atoms with E-state index in [1.54, 1.807) is 23.9 Å². The molecule has 0 saturated heterocycles. The average molecular weight is 383 g/mol. The highest BCUT2D eigenvalue weighted by Crippen LogP contribution is 2.38. The summed E-state index contributed by atoms with van der Waals surface area (Å²) in [5.41, 5.74) is 1.94. The highest BCUT2D eigenvalue weighted by atomic mass is 32.2. The molecular weight excluding hydrogens is 361 g/mol. The molecule has 0 aliphatic heterocycles. The molecule has 6 heteroatoms. The summed E-state index contributed by atoms with van der Waals surface area (Å²) in [6.07, 6.45) is 0.843. The molecule has 0 saturated carbocycles. The first-order chi connectivity index (χ1) is 13.0. The van der Waals surface area contributed by atoms with Gasteiger partial charge < -0.3 is 5.32 Å². The van der Waals surface area contributed by atoms with Crippen LogP contribution in [0.3, 0.4) is 0 Å². The van der Waals surface area contributed by atoms with E-state index in [1.807, 2.05) is 44.2 Å². The van der Waals surface area contributed by atoms with Crippen LogP contribution in [0.25, 0.3) is 11.3 Å². The molecule has 140 valence electrons. The number of rotatable bonds is 6. The third-order valence-electron chi connectivity index (χ3n) is 4.29. The van der Waals surface area contributed by atoms with Gasteiger partial charge in [0.1, 0.15) is 17.2 Å². The zero-order chi connectivity index (χ0) is 19.4. The van der Waals surface area contributed by atoms with Gasteiger partial charge in [-0.25, -0.2) is 4.39 Å². The van der Waals surface area contributed by atoms with E-state index < -0.39 is 0 Å². The minimum Gasteiger partial charge on any atom is -0.348 e. The summed E-state index contributed by atoms with van der Waals surface area (Å²) >= 11 is 1.49. The molecule has 0 aliphatic rings. The van der Waals surface area contributed by atoms with Crippen LogP contribution < -0.4 is 5.32 Å². The van der Waals surface area contributed by atoms with Gasteiger partial charge in [-0.1, -0.05) is 36.9 Å².